The first kappa shape index (κ1) is 111. The maximum atomic E-state index is 13.7. The van der Waals surface area contributed by atoms with Gasteiger partial charge in [-0.1, -0.05) is 297 Å². The molecule has 1 aliphatic carbocycles. The van der Waals surface area contributed by atoms with E-state index >= 15 is 0 Å². The van der Waals surface area contributed by atoms with E-state index in [9.17, 15) is 32.8 Å². The van der Waals surface area contributed by atoms with Crippen LogP contribution in [0.25, 0.3) is 0 Å². The van der Waals surface area contributed by atoms with Gasteiger partial charge in [0.25, 0.3) is 0 Å². The van der Waals surface area contributed by atoms with Crippen LogP contribution in [-0.2, 0) is 37.9 Å². The molecule has 0 bridgehead atoms. The number of benzene rings is 3. The molecule has 1 aliphatic rings. The van der Waals surface area contributed by atoms with Crippen LogP contribution in [0.5, 0.6) is 5.75 Å². The van der Waals surface area contributed by atoms with E-state index in [-0.39, 0.29) is 59.9 Å². The Morgan fingerprint density at radius 1 is 0.435 bits per heavy atom. The second-order valence-corrected chi connectivity index (χ2v) is 33.0. The first-order valence-electron chi connectivity index (χ1n) is 44.2. The van der Waals surface area contributed by atoms with E-state index in [0.29, 0.717) is 43.6 Å². The lowest BCUT2D eigenvalue weighted by molar-refractivity contribution is -0.137. The molecule has 15 heteroatoms. The third-order valence-corrected chi connectivity index (χ3v) is 20.1. The average molecular weight is 1680 g/mol. The number of aliphatic carboxylic acids is 1. The van der Waals surface area contributed by atoms with Crippen LogP contribution in [-0.4, -0.2) is 45.2 Å². The normalized spacial score (nSPS) is 14.3. The van der Waals surface area contributed by atoms with Gasteiger partial charge in [-0.25, -0.2) is 13.0 Å². The largest absolute Gasteiger partial charge is 0.481 e. The van der Waals surface area contributed by atoms with E-state index in [2.05, 4.69) is 146 Å². The number of allylic oxidation sites excluding steroid dienone is 16. The van der Waals surface area contributed by atoms with Gasteiger partial charge in [0.2, 0.25) is 14.5 Å². The first-order chi connectivity index (χ1) is 55.4. The number of carbonyl (C=O) groups excluding carboxylic acids is 4. The zero-order valence-electron chi connectivity index (χ0n) is 71.3. The molecule has 3 aromatic carbocycles. The summed E-state index contributed by atoms with van der Waals surface area (Å²) in [5.74, 6) is -1.40. The van der Waals surface area contributed by atoms with Crippen molar-refractivity contribution in [3.8, 4) is 5.75 Å². The average Bonchev–Trinajstić information content (AvgIpc) is 0.741. The number of ether oxygens (including phenoxy) is 2. The number of unbranched alkanes of at least 4 members (excludes halogenated alkanes) is 32. The number of halogens is 5. The SMILES string of the molecule is C.CCCCC/C=C\C/C=C\CCCCCCCC(=O)Cl.CCCCC/C=C\C/C=C\CCCCCCCC(=O)O.CCCCC/C=C\C/C=C\CCCCCCCC(=O)Oc1ccc([C@H]2C(c3ccc(F)cc3)C(=O)[C@@H]2CCC(OC)c2ccc(F)cc2)cc1.CCCCC/C=C\C/C=C\CCCCCCCC(C)=O.O=S(Cl)Cl. The minimum Gasteiger partial charge on any atom is -0.481 e. The van der Waals surface area contributed by atoms with E-state index in [1.807, 2.05) is 12.1 Å². The summed E-state index contributed by atoms with van der Waals surface area (Å²) in [5.41, 5.74) is 2.61. The number of carboxylic acid groups (broad SMARTS) is 1. The van der Waals surface area contributed by atoms with Crippen molar-refractivity contribution in [1.82, 2.24) is 0 Å². The molecule has 4 atom stereocenters. The zero-order valence-corrected chi connectivity index (χ0v) is 74.4. The molecule has 0 aliphatic heterocycles. The van der Waals surface area contributed by atoms with Crippen molar-refractivity contribution in [3.63, 3.8) is 0 Å². The number of carboxylic acids is 1. The van der Waals surface area contributed by atoms with E-state index in [0.717, 1.165) is 119 Å². The Balaban J connectivity index is 0. The molecular weight excluding hydrogens is 1520 g/mol. The molecule has 4 rings (SSSR count). The van der Waals surface area contributed by atoms with Crippen molar-refractivity contribution in [2.45, 2.75) is 381 Å². The number of rotatable bonds is 64. The first-order valence-corrected chi connectivity index (χ1v) is 47.4. The molecule has 1 fully saturated rings. The predicted octanol–water partition coefficient (Wildman–Crippen LogP) is 32.4. The van der Waals surface area contributed by atoms with Crippen molar-refractivity contribution in [3.05, 3.63) is 198 Å². The van der Waals surface area contributed by atoms with E-state index in [1.165, 1.54) is 210 Å². The Morgan fingerprint density at radius 3 is 1.07 bits per heavy atom. The van der Waals surface area contributed by atoms with Crippen LogP contribution < -0.4 is 4.74 Å². The predicted molar refractivity (Wildman–Crippen MR) is 491 cm³/mol. The number of hydrogen-bond donors (Lipinski definition) is 1. The number of carbonyl (C=O) groups is 5. The molecule has 0 heterocycles. The fourth-order valence-electron chi connectivity index (χ4n) is 13.3. The van der Waals surface area contributed by atoms with Crippen molar-refractivity contribution in [1.29, 1.82) is 0 Å². The van der Waals surface area contributed by atoms with Crippen LogP contribution in [0.1, 0.15) is 398 Å². The number of hydrogen-bond acceptors (Lipinski definition) is 8. The van der Waals surface area contributed by atoms with Gasteiger partial charge in [0.05, 0.1) is 12.0 Å². The highest BCUT2D eigenvalue weighted by molar-refractivity contribution is 8.26. The number of ketones is 2. The highest BCUT2D eigenvalue weighted by atomic mass is 36.0. The Kier molecular flexibility index (Phi) is 80.8. The van der Waals surface area contributed by atoms with Gasteiger partial charge in [0.1, 0.15) is 29.0 Å². The number of Topliss-reactive ketones (excluding diaryl/α,β-unsaturated/α-hetero) is 2. The molecule has 0 spiro atoms. The van der Waals surface area contributed by atoms with Crippen molar-refractivity contribution in [2.24, 2.45) is 5.92 Å². The molecule has 1 N–H and O–H groups in total. The third-order valence-electron chi connectivity index (χ3n) is 19.9. The quantitative estimate of drug-likeness (QED) is 0.0192. The summed E-state index contributed by atoms with van der Waals surface area (Å²) >= 11 is 5.28. The van der Waals surface area contributed by atoms with Crippen LogP contribution in [0.4, 0.5) is 8.78 Å². The third kappa shape index (κ3) is 71.0. The van der Waals surface area contributed by atoms with Gasteiger partial charge >= 0.3 is 11.9 Å². The molecule has 0 saturated heterocycles. The Hall–Kier alpha value is -5.63. The molecule has 9 nitrogen and oxygen atoms in total. The van der Waals surface area contributed by atoms with Gasteiger partial charge in [0, 0.05) is 66.0 Å². The van der Waals surface area contributed by atoms with E-state index in [4.69, 9.17) is 30.4 Å². The van der Waals surface area contributed by atoms with Crippen LogP contribution >= 0.6 is 33.0 Å². The number of methoxy groups -OCH3 is 1. The topological polar surface area (TPSA) is 141 Å². The van der Waals surface area contributed by atoms with E-state index < -0.39 is 15.2 Å². The molecule has 0 aromatic heterocycles. The lowest BCUT2D eigenvalue weighted by atomic mass is 9.57. The maximum absolute atomic E-state index is 13.7. The highest BCUT2D eigenvalue weighted by Crippen LogP contribution is 2.53. The molecule has 3 aromatic rings. The summed E-state index contributed by atoms with van der Waals surface area (Å²) in [5, 5.41) is 8.30. The van der Waals surface area contributed by atoms with E-state index in [1.54, 1.807) is 50.4 Å². The summed E-state index contributed by atoms with van der Waals surface area (Å²) < 4.78 is 47.6. The molecule has 2 unspecified atom stereocenters. The second kappa shape index (κ2) is 83.4. The highest BCUT2D eigenvalue weighted by Gasteiger charge is 2.50. The van der Waals surface area contributed by atoms with Crippen molar-refractivity contribution < 1.29 is 51.5 Å². The summed E-state index contributed by atoms with van der Waals surface area (Å²) in [6, 6.07) is 19.8. The maximum Gasteiger partial charge on any atom is 0.311 e. The van der Waals surface area contributed by atoms with Crippen LogP contribution in [0.2, 0.25) is 0 Å². The summed E-state index contributed by atoms with van der Waals surface area (Å²) in [6.07, 6.45) is 91.6. The second-order valence-electron chi connectivity index (χ2n) is 30.0. The molecule has 0 amide bonds. The van der Waals surface area contributed by atoms with Gasteiger partial charge in [-0.05, 0) is 239 Å². The Morgan fingerprint density at radius 2 is 0.739 bits per heavy atom. The smallest absolute Gasteiger partial charge is 0.311 e. The van der Waals surface area contributed by atoms with Gasteiger partial charge in [-0.3, -0.25) is 19.2 Å². The minimum atomic E-state index is -1.67. The summed E-state index contributed by atoms with van der Waals surface area (Å²) in [6.45, 7) is 10.6. The van der Waals surface area contributed by atoms with Crippen molar-refractivity contribution in [2.75, 3.05) is 7.11 Å². The Bertz CT molecular complexity index is 2950. The molecule has 650 valence electrons. The molecule has 1 saturated carbocycles. The van der Waals surface area contributed by atoms with Gasteiger partial charge < -0.3 is 19.4 Å². The fraction of sp³-hybridized carbons (Fsp3) is 0.610. The van der Waals surface area contributed by atoms with Gasteiger partial charge in [0.15, 0.2) is 0 Å². The van der Waals surface area contributed by atoms with Crippen LogP contribution in [0.3, 0.4) is 0 Å². The van der Waals surface area contributed by atoms with Crippen LogP contribution in [0.15, 0.2) is 170 Å². The molecule has 115 heavy (non-hydrogen) atoms. The van der Waals surface area contributed by atoms with Gasteiger partial charge in [-0.15, -0.1) is 0 Å². The summed E-state index contributed by atoms with van der Waals surface area (Å²) in [7, 11) is 8.97. The van der Waals surface area contributed by atoms with Crippen LogP contribution in [0, 0.1) is 17.6 Å². The fourth-order valence-corrected chi connectivity index (χ4v) is 13.4. The lowest BCUT2D eigenvalue weighted by Crippen LogP contribution is -2.44. The monoisotopic (exact) mass is 1680 g/mol. The Labute approximate surface area is 715 Å². The minimum absolute atomic E-state index is 0. The molecular formula is C100H155Cl3F2O9S. The number of esters is 1. The van der Waals surface area contributed by atoms with Gasteiger partial charge in [-0.2, -0.15) is 0 Å². The summed E-state index contributed by atoms with van der Waals surface area (Å²) in [4.78, 5) is 57.7. The standard InChI is InChI=1S/C44H54F2O4.C19H34O.C18H31ClO.C18H32O2.CH4.Cl2OS/c1-3-4-5-6-7-8-9-10-11-12-13-14-15-16-17-18-41(47)50-38-29-23-34(24-30-38)42-39(44(48)43(42)35-21-27-37(46)28-22-35)31-32-40(49-2)33-19-25-36(45)26-20-33;1-3-4-5-6-7-8-9-10-11-12-13-14-15-16-17-18-19(2)20;2*1-2-3-4-5-6-7-8-9-10-11-12-13-14-15-16-17-18(19)20;;1-4(2)3/h7-8,10-11,19-30,39-40,42-43H,3-6,9,12-18,31-32H2,1-2H3;7-8,10-11H,3-6,9,12-18H2,1-2H3;6-7,9-10H,2-5,8,11-17H2,1H3;6-7,9-10H,2-5,8,11-17H2,1H3,(H,19,20);1H4;/b2*8-7-,11-10-;2*7-6-,10-9-;;/t39-,40?,42-,43?;;;;;/m1...../s1. The molecule has 0 radical (unpaired) electrons. The van der Waals surface area contributed by atoms with Crippen molar-refractivity contribution >= 4 is 70.9 Å². The lowest BCUT2D eigenvalue weighted by Gasteiger charge is -2.44. The zero-order chi connectivity index (χ0) is 83.8.